The number of hydrogen-bond acceptors (Lipinski definition) is 2. The molecular formula is C31H44N2O2. The third-order valence-corrected chi connectivity index (χ3v) is 6.84. The van der Waals surface area contributed by atoms with Gasteiger partial charge in [-0.25, -0.2) is 4.79 Å². The lowest BCUT2D eigenvalue weighted by atomic mass is 9.90. The Labute approximate surface area is 212 Å². The molecule has 0 fully saturated rings. The lowest BCUT2D eigenvalue weighted by Gasteiger charge is -2.18. The number of nitrogens with zero attached hydrogens (tertiary/aromatic N) is 2. The fraction of sp³-hybridized carbons (Fsp3) is 0.516. The Morgan fingerprint density at radius 2 is 1.23 bits per heavy atom. The normalized spacial score (nSPS) is 11.2. The van der Waals surface area contributed by atoms with Gasteiger partial charge in [0.25, 0.3) is 0 Å². The highest BCUT2D eigenvalue weighted by Crippen LogP contribution is 2.31. The summed E-state index contributed by atoms with van der Waals surface area (Å²) >= 11 is 0. The summed E-state index contributed by atoms with van der Waals surface area (Å²) in [6.45, 7) is 6.82. The molecule has 0 amide bonds. The fourth-order valence-corrected chi connectivity index (χ4v) is 4.75. The summed E-state index contributed by atoms with van der Waals surface area (Å²) in [5.41, 5.74) is 5.33. The summed E-state index contributed by atoms with van der Waals surface area (Å²) in [4.78, 5) is 12.3. The van der Waals surface area contributed by atoms with Crippen LogP contribution < -0.4 is 10.4 Å². The van der Waals surface area contributed by atoms with E-state index in [4.69, 9.17) is 4.74 Å². The van der Waals surface area contributed by atoms with E-state index in [1.807, 2.05) is 24.3 Å². The van der Waals surface area contributed by atoms with Gasteiger partial charge < -0.3 is 9.30 Å². The Hall–Kier alpha value is -2.75. The average Bonchev–Trinajstić information content (AvgIpc) is 3.19. The van der Waals surface area contributed by atoms with Crippen molar-refractivity contribution >= 4 is 0 Å². The predicted molar refractivity (Wildman–Crippen MR) is 147 cm³/mol. The van der Waals surface area contributed by atoms with E-state index in [9.17, 15) is 4.79 Å². The van der Waals surface area contributed by atoms with E-state index in [1.165, 1.54) is 75.3 Å². The summed E-state index contributed by atoms with van der Waals surface area (Å²) < 4.78 is 9.61. The number of benzene rings is 2. The van der Waals surface area contributed by atoms with Gasteiger partial charge in [0.1, 0.15) is 11.5 Å². The van der Waals surface area contributed by atoms with Crippen molar-refractivity contribution in [3.05, 3.63) is 76.0 Å². The third-order valence-electron chi connectivity index (χ3n) is 6.84. The number of imidazole rings is 1. The molecule has 3 rings (SSSR count). The van der Waals surface area contributed by atoms with E-state index in [2.05, 4.69) is 32.9 Å². The van der Waals surface area contributed by atoms with Crippen LogP contribution in [0.4, 0.5) is 0 Å². The Balaban J connectivity index is 1.87. The third kappa shape index (κ3) is 7.62. The molecule has 0 bridgehead atoms. The summed E-state index contributed by atoms with van der Waals surface area (Å²) in [5.74, 6) is 1.74. The highest BCUT2D eigenvalue weighted by atomic mass is 16.5. The van der Waals surface area contributed by atoms with Gasteiger partial charge in [0.05, 0.1) is 5.69 Å². The lowest BCUT2D eigenvalue weighted by Crippen LogP contribution is -2.20. The van der Waals surface area contributed by atoms with Crippen molar-refractivity contribution in [3.8, 4) is 17.2 Å². The molecular weight excluding hydrogens is 432 g/mol. The predicted octanol–water partition coefficient (Wildman–Crippen LogP) is 8.17. The molecule has 0 N–H and O–H groups in total. The van der Waals surface area contributed by atoms with Crippen molar-refractivity contribution in [2.75, 3.05) is 0 Å². The summed E-state index contributed by atoms with van der Waals surface area (Å²) in [6, 6.07) is 12.4. The Morgan fingerprint density at radius 3 is 1.71 bits per heavy atom. The second-order valence-corrected chi connectivity index (χ2v) is 9.75. The van der Waals surface area contributed by atoms with Gasteiger partial charge in [0.2, 0.25) is 0 Å². The van der Waals surface area contributed by atoms with Gasteiger partial charge >= 0.3 is 5.69 Å². The zero-order valence-corrected chi connectivity index (χ0v) is 22.3. The number of rotatable bonds is 15. The molecule has 4 heteroatoms. The zero-order valence-electron chi connectivity index (χ0n) is 22.3. The first-order valence-electron chi connectivity index (χ1n) is 13.7. The van der Waals surface area contributed by atoms with Crippen LogP contribution in [-0.2, 0) is 26.3 Å². The van der Waals surface area contributed by atoms with Crippen LogP contribution in [0.2, 0.25) is 0 Å². The van der Waals surface area contributed by atoms with Gasteiger partial charge in [-0.05, 0) is 91.6 Å². The van der Waals surface area contributed by atoms with Crippen LogP contribution in [0.3, 0.4) is 0 Å². The van der Waals surface area contributed by atoms with E-state index < -0.39 is 0 Å². The molecule has 0 saturated heterocycles. The van der Waals surface area contributed by atoms with Crippen LogP contribution in [0.15, 0.2) is 53.6 Å². The zero-order chi connectivity index (χ0) is 25.0. The number of unbranched alkanes of at least 4 members (excludes halogenated alkanes) is 6. The van der Waals surface area contributed by atoms with Gasteiger partial charge in [0, 0.05) is 19.4 Å². The first kappa shape index (κ1) is 26.8. The molecule has 0 radical (unpaired) electrons. The Kier molecular flexibility index (Phi) is 10.7. The van der Waals surface area contributed by atoms with Crippen LogP contribution in [0.1, 0.15) is 95.2 Å². The molecule has 0 unspecified atom stereocenters. The second kappa shape index (κ2) is 14.0. The molecule has 1 heterocycles. The molecule has 4 nitrogen and oxygen atoms in total. The minimum absolute atomic E-state index is 0.0502. The quantitative estimate of drug-likeness (QED) is 0.207. The van der Waals surface area contributed by atoms with E-state index in [1.54, 1.807) is 34.1 Å². The van der Waals surface area contributed by atoms with Crippen LogP contribution in [0.5, 0.6) is 11.5 Å². The standard InChI is InChI=1S/C31H44N2O2/c1-5-8-11-14-25-23-29(24-26(15-12-9-6-2)30(25)16-13-10-7-3)35-28-19-17-27(18-20-28)33-22-21-32(4)31(33)34/h17-24H,5-16H2,1-4H3. The molecule has 0 atom stereocenters. The highest BCUT2D eigenvalue weighted by Gasteiger charge is 2.13. The van der Waals surface area contributed by atoms with Crippen molar-refractivity contribution < 1.29 is 4.74 Å². The van der Waals surface area contributed by atoms with E-state index >= 15 is 0 Å². The monoisotopic (exact) mass is 476 g/mol. The van der Waals surface area contributed by atoms with Crippen molar-refractivity contribution in [2.45, 2.75) is 97.8 Å². The summed E-state index contributed by atoms with van der Waals surface area (Å²) in [6.07, 6.45) is 18.3. The van der Waals surface area contributed by atoms with E-state index in [0.29, 0.717) is 0 Å². The maximum Gasteiger partial charge on any atom is 0.332 e. The van der Waals surface area contributed by atoms with Gasteiger partial charge in [-0.2, -0.15) is 0 Å². The van der Waals surface area contributed by atoms with Gasteiger partial charge in [0.15, 0.2) is 0 Å². The number of hydrogen-bond donors (Lipinski definition) is 0. The summed E-state index contributed by atoms with van der Waals surface area (Å²) in [7, 11) is 1.76. The molecule has 0 aliphatic heterocycles. The molecule has 0 aliphatic carbocycles. The number of ether oxygens (including phenoxy) is 1. The van der Waals surface area contributed by atoms with Crippen molar-refractivity contribution in [3.63, 3.8) is 0 Å². The van der Waals surface area contributed by atoms with E-state index in [0.717, 1.165) is 30.0 Å². The average molecular weight is 477 g/mol. The molecule has 190 valence electrons. The molecule has 1 aromatic heterocycles. The van der Waals surface area contributed by atoms with Gasteiger partial charge in [-0.1, -0.05) is 59.3 Å². The van der Waals surface area contributed by atoms with Crippen molar-refractivity contribution in [1.29, 1.82) is 0 Å². The van der Waals surface area contributed by atoms with Crippen molar-refractivity contribution in [1.82, 2.24) is 9.13 Å². The maximum atomic E-state index is 12.3. The Morgan fingerprint density at radius 1 is 0.686 bits per heavy atom. The van der Waals surface area contributed by atoms with Gasteiger partial charge in [-0.15, -0.1) is 0 Å². The topological polar surface area (TPSA) is 36.2 Å². The molecule has 35 heavy (non-hydrogen) atoms. The minimum atomic E-state index is -0.0502. The van der Waals surface area contributed by atoms with Crippen LogP contribution in [0, 0.1) is 0 Å². The fourth-order valence-electron chi connectivity index (χ4n) is 4.75. The SMILES string of the molecule is CCCCCc1cc(Oc2ccc(-n3ccn(C)c3=O)cc2)cc(CCCCC)c1CCCCC. The lowest BCUT2D eigenvalue weighted by molar-refractivity contribution is 0.480. The number of aromatic nitrogens is 2. The maximum absolute atomic E-state index is 12.3. The molecule has 0 aliphatic rings. The van der Waals surface area contributed by atoms with Crippen LogP contribution >= 0.6 is 0 Å². The minimum Gasteiger partial charge on any atom is -0.457 e. The van der Waals surface area contributed by atoms with Crippen LogP contribution in [0.25, 0.3) is 5.69 Å². The highest BCUT2D eigenvalue weighted by molar-refractivity contribution is 5.46. The molecule has 3 aromatic rings. The van der Waals surface area contributed by atoms with Crippen LogP contribution in [-0.4, -0.2) is 9.13 Å². The van der Waals surface area contributed by atoms with E-state index in [-0.39, 0.29) is 5.69 Å². The van der Waals surface area contributed by atoms with Gasteiger partial charge in [-0.3, -0.25) is 4.57 Å². The van der Waals surface area contributed by atoms with Crippen molar-refractivity contribution in [2.24, 2.45) is 7.05 Å². The second-order valence-electron chi connectivity index (χ2n) is 9.75. The first-order chi connectivity index (χ1) is 17.1. The summed E-state index contributed by atoms with van der Waals surface area (Å²) in [5, 5.41) is 0. The largest absolute Gasteiger partial charge is 0.457 e. The Bertz CT molecular complexity index is 1060. The smallest absolute Gasteiger partial charge is 0.332 e. The molecule has 2 aromatic carbocycles. The number of aryl methyl sites for hydroxylation is 3. The first-order valence-corrected chi connectivity index (χ1v) is 13.7. The molecule has 0 saturated carbocycles. The molecule has 0 spiro atoms.